The van der Waals surface area contributed by atoms with Gasteiger partial charge in [-0.2, -0.15) is 0 Å². The Morgan fingerprint density at radius 3 is 1.39 bits per heavy atom. The normalized spacial score (nSPS) is 13.1. The number of nitrogens with one attached hydrogen (secondary N) is 1. The molecular formula is C47H50BrNO8. The van der Waals surface area contributed by atoms with Gasteiger partial charge >= 0.3 is 0 Å². The molecule has 0 unspecified atom stereocenters. The van der Waals surface area contributed by atoms with Gasteiger partial charge in [0.2, 0.25) is 0 Å². The number of fused-ring (bicyclic) bond motifs is 3. The van der Waals surface area contributed by atoms with Gasteiger partial charge in [-0.15, -0.1) is 0 Å². The summed E-state index contributed by atoms with van der Waals surface area (Å²) in [5, 5.41) is 2.75. The van der Waals surface area contributed by atoms with Crippen LogP contribution in [0.25, 0.3) is 44.0 Å². The molecule has 3 aromatic heterocycles. The van der Waals surface area contributed by atoms with Crippen molar-refractivity contribution >= 4 is 48.8 Å². The van der Waals surface area contributed by atoms with Crippen LogP contribution in [0, 0.1) is 0 Å². The van der Waals surface area contributed by atoms with E-state index in [2.05, 4.69) is 86.7 Å². The van der Waals surface area contributed by atoms with Gasteiger partial charge in [-0.1, -0.05) is 69.6 Å². The fraction of sp³-hybridized carbons (Fsp3) is 0.362. The molecule has 0 amide bonds. The zero-order valence-corrected chi connectivity index (χ0v) is 36.4. The fourth-order valence-electron chi connectivity index (χ4n) is 9.00. The van der Waals surface area contributed by atoms with Crippen LogP contribution in [0.1, 0.15) is 86.6 Å². The number of H-pyrrole nitrogens is 1. The van der Waals surface area contributed by atoms with E-state index in [4.69, 9.17) is 37.3 Å². The highest BCUT2D eigenvalue weighted by molar-refractivity contribution is 9.10. The number of ether oxygens (including phenoxy) is 6. The van der Waals surface area contributed by atoms with E-state index in [0.29, 0.717) is 64.9 Å². The molecule has 57 heavy (non-hydrogen) atoms. The third-order valence-electron chi connectivity index (χ3n) is 11.3. The molecule has 0 saturated heterocycles. The average molecular weight is 837 g/mol. The Kier molecular flexibility index (Phi) is 9.50. The third kappa shape index (κ3) is 6.10. The molecule has 10 heteroatoms. The molecule has 298 valence electrons. The molecule has 0 saturated carbocycles. The van der Waals surface area contributed by atoms with Gasteiger partial charge in [0.1, 0.15) is 57.2 Å². The summed E-state index contributed by atoms with van der Waals surface area (Å²) in [7, 11) is 10.1. The molecule has 0 radical (unpaired) electrons. The van der Waals surface area contributed by atoms with Gasteiger partial charge in [-0.25, -0.2) is 0 Å². The molecule has 7 aromatic rings. The molecule has 0 aliphatic carbocycles. The number of rotatable bonds is 7. The Morgan fingerprint density at radius 2 is 0.947 bits per heavy atom. The molecule has 4 aromatic carbocycles. The Hall–Kier alpha value is -5.22. The summed E-state index contributed by atoms with van der Waals surface area (Å²) >= 11 is 3.65. The Balaban J connectivity index is 1.63. The number of hydrogen-bond acceptors (Lipinski definition) is 8. The minimum atomic E-state index is -0.343. The van der Waals surface area contributed by atoms with Crippen molar-refractivity contribution in [2.75, 3.05) is 42.7 Å². The molecule has 8 rings (SSSR count). The number of benzene rings is 4. The monoisotopic (exact) mass is 835 g/mol. The second-order valence-electron chi connectivity index (χ2n) is 16.8. The quantitative estimate of drug-likeness (QED) is 0.169. The maximum atomic E-state index is 7.20. The van der Waals surface area contributed by atoms with Crippen LogP contribution in [-0.2, 0) is 30.1 Å². The molecule has 1 aliphatic rings. The van der Waals surface area contributed by atoms with Crippen molar-refractivity contribution < 1.29 is 37.3 Å². The van der Waals surface area contributed by atoms with Crippen molar-refractivity contribution in [2.24, 2.45) is 0 Å². The number of halogens is 1. The number of aromatic nitrogens is 1. The third-order valence-corrected chi connectivity index (χ3v) is 11.8. The molecule has 0 atom stereocenters. The first-order valence-electron chi connectivity index (χ1n) is 19.1. The van der Waals surface area contributed by atoms with Crippen LogP contribution in [0.3, 0.4) is 0 Å². The van der Waals surface area contributed by atoms with Gasteiger partial charge in [0.05, 0.1) is 70.8 Å². The smallest absolute Gasteiger partial charge is 0.145 e. The van der Waals surface area contributed by atoms with Crippen molar-refractivity contribution in [2.45, 2.75) is 71.6 Å². The van der Waals surface area contributed by atoms with Crippen LogP contribution in [0.5, 0.6) is 34.5 Å². The Labute approximate surface area is 341 Å². The molecule has 1 N–H and O–H groups in total. The lowest BCUT2D eigenvalue weighted by atomic mass is 9.81. The molecular weight excluding hydrogens is 786 g/mol. The second kappa shape index (κ2) is 14.0. The van der Waals surface area contributed by atoms with Gasteiger partial charge in [0.25, 0.3) is 0 Å². The van der Waals surface area contributed by atoms with E-state index in [1.165, 1.54) is 0 Å². The highest BCUT2D eigenvalue weighted by atomic mass is 79.9. The van der Waals surface area contributed by atoms with Gasteiger partial charge in [0, 0.05) is 74.6 Å². The molecule has 0 fully saturated rings. The Morgan fingerprint density at radius 1 is 0.526 bits per heavy atom. The first-order chi connectivity index (χ1) is 27.2. The Bertz CT molecular complexity index is 2700. The first-order valence-corrected chi connectivity index (χ1v) is 19.9. The van der Waals surface area contributed by atoms with Crippen molar-refractivity contribution in [3.63, 3.8) is 0 Å². The summed E-state index contributed by atoms with van der Waals surface area (Å²) in [6, 6.07) is 14.3. The standard InChI is InChI=1S/C47H50BrNO8/c1-46(2,3)41-35-22-36-42(47(4,5)6)40-34(55-12)21-31(52-9)27(45(40)57-36)18-28-37(23-13-15-24(48)16-14-23)38-32(53-10)19-29(50-7)25(43(38)49-28)17-26-30(51-8)20-33(54-11)39(41)44(26)56-35/h13-16,19-21,49H,17-18,22H2,1-12H3. The zero-order chi connectivity index (χ0) is 40.7. The van der Waals surface area contributed by atoms with Crippen LogP contribution < -0.4 is 28.4 Å². The largest absolute Gasteiger partial charge is 0.496 e. The summed E-state index contributed by atoms with van der Waals surface area (Å²) in [6.07, 6.45) is 1.25. The zero-order valence-electron chi connectivity index (χ0n) is 34.8. The minimum absolute atomic E-state index is 0.340. The summed E-state index contributed by atoms with van der Waals surface area (Å²) in [6.45, 7) is 13.3. The molecule has 4 heterocycles. The lowest BCUT2D eigenvalue weighted by Crippen LogP contribution is -2.16. The molecule has 6 bridgehead atoms. The maximum absolute atomic E-state index is 7.20. The maximum Gasteiger partial charge on any atom is 0.145 e. The molecule has 0 spiro atoms. The summed E-state index contributed by atoms with van der Waals surface area (Å²) in [4.78, 5) is 3.91. The predicted molar refractivity (Wildman–Crippen MR) is 229 cm³/mol. The van der Waals surface area contributed by atoms with Gasteiger partial charge in [-0.3, -0.25) is 0 Å². The predicted octanol–water partition coefficient (Wildman–Crippen LogP) is 11.8. The molecule has 1 aliphatic heterocycles. The van der Waals surface area contributed by atoms with E-state index in [-0.39, 0.29) is 10.8 Å². The van der Waals surface area contributed by atoms with Crippen molar-refractivity contribution in [1.29, 1.82) is 0 Å². The highest BCUT2D eigenvalue weighted by Gasteiger charge is 2.36. The van der Waals surface area contributed by atoms with Crippen LogP contribution in [0.4, 0.5) is 0 Å². The van der Waals surface area contributed by atoms with E-state index in [0.717, 1.165) is 82.3 Å². The summed E-state index contributed by atoms with van der Waals surface area (Å²) < 4.78 is 52.4. The van der Waals surface area contributed by atoms with E-state index < -0.39 is 0 Å². The van der Waals surface area contributed by atoms with Crippen molar-refractivity contribution in [1.82, 2.24) is 4.98 Å². The van der Waals surface area contributed by atoms with Crippen LogP contribution in [0.2, 0.25) is 0 Å². The topological polar surface area (TPSA) is 97.5 Å². The lowest BCUT2D eigenvalue weighted by molar-refractivity contribution is 0.391. The number of hydrogen-bond donors (Lipinski definition) is 1. The van der Waals surface area contributed by atoms with Gasteiger partial charge in [0.15, 0.2) is 0 Å². The fourth-order valence-corrected chi connectivity index (χ4v) is 9.26. The van der Waals surface area contributed by atoms with Crippen LogP contribution in [0.15, 0.2) is 55.8 Å². The summed E-state index contributed by atoms with van der Waals surface area (Å²) in [5.74, 6) is 5.60. The average Bonchev–Trinajstić information content (AvgIpc) is 3.87. The lowest BCUT2D eigenvalue weighted by Gasteiger charge is -2.22. The number of furan rings is 2. The van der Waals surface area contributed by atoms with Gasteiger partial charge in [-0.05, 0) is 28.5 Å². The minimum Gasteiger partial charge on any atom is -0.496 e. The van der Waals surface area contributed by atoms with Crippen molar-refractivity contribution in [3.05, 3.63) is 92.0 Å². The number of aromatic amines is 1. The molecule has 9 nitrogen and oxygen atoms in total. The first kappa shape index (κ1) is 38.6. The summed E-state index contributed by atoms with van der Waals surface area (Å²) in [5.41, 5.74) is 9.35. The number of methoxy groups -OCH3 is 6. The second-order valence-corrected chi connectivity index (χ2v) is 17.7. The van der Waals surface area contributed by atoms with E-state index in [9.17, 15) is 0 Å². The van der Waals surface area contributed by atoms with Gasteiger partial charge < -0.3 is 42.2 Å². The van der Waals surface area contributed by atoms with E-state index in [1.807, 2.05) is 18.2 Å². The van der Waals surface area contributed by atoms with Crippen molar-refractivity contribution in [3.8, 4) is 45.6 Å². The van der Waals surface area contributed by atoms with E-state index in [1.54, 1.807) is 42.7 Å². The van der Waals surface area contributed by atoms with Crippen LogP contribution in [-0.4, -0.2) is 47.6 Å². The van der Waals surface area contributed by atoms with Crippen LogP contribution >= 0.6 is 15.9 Å². The SMILES string of the molecule is COc1cc(OC)c2c(-c3ccc(Br)cc3)c3[nH]c2c1Cc1c(OC)cc(OC)c2c(C(C)(C)C)c(oc12)Cc1oc2c(c(OC)cc(OC)c2c1C(C)(C)C)C3. The highest BCUT2D eigenvalue weighted by Crippen LogP contribution is 2.52. The van der Waals surface area contributed by atoms with E-state index >= 15 is 0 Å².